The summed E-state index contributed by atoms with van der Waals surface area (Å²) in [6, 6.07) is 0.491. The van der Waals surface area contributed by atoms with Gasteiger partial charge in [-0.05, 0) is 51.1 Å². The third kappa shape index (κ3) is 3.95. The maximum atomic E-state index is 11.3. The fraction of sp³-hybridized carbons (Fsp3) is 0.929. The average molecular weight is 254 g/mol. The average Bonchev–Trinajstić information content (AvgIpc) is 3.17. The van der Waals surface area contributed by atoms with Gasteiger partial charge in [0.05, 0.1) is 0 Å². The molecule has 0 spiro atoms. The summed E-state index contributed by atoms with van der Waals surface area (Å²) in [4.78, 5) is 13.5. The number of aliphatic carboxylic acids is 1. The standard InChI is InChI=1S/C14H26N2O2/c1-2-4-13(14(17)18)16-8-3-5-11(10-16)9-15-12-6-7-12/h11-13,15H,2-10H2,1H3,(H,17,18). The predicted molar refractivity (Wildman–Crippen MR) is 71.7 cm³/mol. The van der Waals surface area contributed by atoms with Crippen LogP contribution in [-0.2, 0) is 4.79 Å². The largest absolute Gasteiger partial charge is 0.480 e. The molecule has 0 amide bonds. The molecule has 1 aliphatic carbocycles. The molecular weight excluding hydrogens is 228 g/mol. The van der Waals surface area contributed by atoms with Crippen LogP contribution < -0.4 is 5.32 Å². The Balaban J connectivity index is 1.81. The van der Waals surface area contributed by atoms with E-state index in [1.54, 1.807) is 0 Å². The summed E-state index contributed by atoms with van der Waals surface area (Å²) in [5.74, 6) is -0.00860. The van der Waals surface area contributed by atoms with Crippen LogP contribution >= 0.6 is 0 Å². The molecule has 1 saturated heterocycles. The SMILES string of the molecule is CCCC(C(=O)O)N1CCCC(CNC2CC2)C1. The third-order valence-electron chi connectivity index (χ3n) is 4.11. The maximum Gasteiger partial charge on any atom is 0.320 e. The van der Waals surface area contributed by atoms with Crippen molar-refractivity contribution < 1.29 is 9.90 Å². The number of carboxylic acids is 1. The van der Waals surface area contributed by atoms with Gasteiger partial charge in [0.2, 0.25) is 0 Å². The number of nitrogens with one attached hydrogen (secondary N) is 1. The van der Waals surface area contributed by atoms with Crippen molar-refractivity contribution in [1.82, 2.24) is 10.2 Å². The monoisotopic (exact) mass is 254 g/mol. The molecule has 4 heteroatoms. The molecule has 0 aromatic carbocycles. The number of carbonyl (C=O) groups is 1. The highest BCUT2D eigenvalue weighted by Crippen LogP contribution is 2.23. The van der Waals surface area contributed by atoms with E-state index in [2.05, 4.69) is 17.1 Å². The van der Waals surface area contributed by atoms with Crippen LogP contribution in [0.2, 0.25) is 0 Å². The molecule has 104 valence electrons. The van der Waals surface area contributed by atoms with Crippen LogP contribution in [0, 0.1) is 5.92 Å². The van der Waals surface area contributed by atoms with E-state index < -0.39 is 5.97 Å². The number of rotatable bonds is 7. The number of piperidine rings is 1. The lowest BCUT2D eigenvalue weighted by Gasteiger charge is -2.36. The second-order valence-corrected chi connectivity index (χ2v) is 5.83. The van der Waals surface area contributed by atoms with E-state index in [1.165, 1.54) is 19.3 Å². The number of likely N-dealkylation sites (tertiary alicyclic amines) is 1. The van der Waals surface area contributed by atoms with Crippen LogP contribution in [0.15, 0.2) is 0 Å². The lowest BCUT2D eigenvalue weighted by molar-refractivity contribution is -0.144. The Kier molecular flexibility index (Phi) is 5.01. The molecule has 4 nitrogen and oxygen atoms in total. The van der Waals surface area contributed by atoms with E-state index >= 15 is 0 Å². The molecular formula is C14H26N2O2. The lowest BCUT2D eigenvalue weighted by atomic mass is 9.95. The summed E-state index contributed by atoms with van der Waals surface area (Å²) in [5, 5.41) is 12.9. The summed E-state index contributed by atoms with van der Waals surface area (Å²) in [7, 11) is 0. The van der Waals surface area contributed by atoms with E-state index in [-0.39, 0.29) is 6.04 Å². The quantitative estimate of drug-likeness (QED) is 0.726. The first-order valence-corrected chi connectivity index (χ1v) is 7.41. The van der Waals surface area contributed by atoms with Crippen molar-refractivity contribution in [3.05, 3.63) is 0 Å². The van der Waals surface area contributed by atoms with Crippen molar-refractivity contribution in [2.45, 2.75) is 57.5 Å². The Labute approximate surface area is 110 Å². The van der Waals surface area contributed by atoms with Gasteiger partial charge < -0.3 is 10.4 Å². The Morgan fingerprint density at radius 2 is 2.22 bits per heavy atom. The predicted octanol–water partition coefficient (Wildman–Crippen LogP) is 1.70. The number of nitrogens with zero attached hydrogens (tertiary/aromatic N) is 1. The highest BCUT2D eigenvalue weighted by atomic mass is 16.4. The Hall–Kier alpha value is -0.610. The Morgan fingerprint density at radius 1 is 1.44 bits per heavy atom. The van der Waals surface area contributed by atoms with Crippen molar-refractivity contribution in [2.24, 2.45) is 5.92 Å². The van der Waals surface area contributed by atoms with Gasteiger partial charge in [0, 0.05) is 12.6 Å². The molecule has 1 saturated carbocycles. The minimum absolute atomic E-state index is 0.265. The van der Waals surface area contributed by atoms with Crippen LogP contribution in [0.5, 0.6) is 0 Å². The molecule has 2 aliphatic rings. The maximum absolute atomic E-state index is 11.3. The minimum Gasteiger partial charge on any atom is -0.480 e. The van der Waals surface area contributed by atoms with Crippen LogP contribution in [0.4, 0.5) is 0 Å². The topological polar surface area (TPSA) is 52.6 Å². The zero-order valence-corrected chi connectivity index (χ0v) is 11.4. The number of hydrogen-bond donors (Lipinski definition) is 2. The van der Waals surface area contributed by atoms with Gasteiger partial charge >= 0.3 is 5.97 Å². The van der Waals surface area contributed by atoms with E-state index in [1.807, 2.05) is 0 Å². The third-order valence-corrected chi connectivity index (χ3v) is 4.11. The van der Waals surface area contributed by atoms with Crippen molar-refractivity contribution >= 4 is 5.97 Å². The molecule has 0 radical (unpaired) electrons. The molecule has 18 heavy (non-hydrogen) atoms. The normalized spacial score (nSPS) is 27.1. The zero-order valence-electron chi connectivity index (χ0n) is 11.4. The number of hydrogen-bond acceptors (Lipinski definition) is 3. The van der Waals surface area contributed by atoms with Gasteiger partial charge in [-0.3, -0.25) is 9.69 Å². The van der Waals surface area contributed by atoms with Gasteiger partial charge in [0.15, 0.2) is 0 Å². The smallest absolute Gasteiger partial charge is 0.320 e. The van der Waals surface area contributed by atoms with Crippen molar-refractivity contribution in [1.29, 1.82) is 0 Å². The Morgan fingerprint density at radius 3 is 2.83 bits per heavy atom. The van der Waals surface area contributed by atoms with Gasteiger partial charge in [0.1, 0.15) is 6.04 Å². The molecule has 2 unspecified atom stereocenters. The molecule has 2 rings (SSSR count). The lowest BCUT2D eigenvalue weighted by Crippen LogP contribution is -2.48. The van der Waals surface area contributed by atoms with Crippen molar-refractivity contribution in [3.63, 3.8) is 0 Å². The molecule has 0 bridgehead atoms. The first-order valence-electron chi connectivity index (χ1n) is 7.41. The summed E-state index contributed by atoms with van der Waals surface area (Å²) in [5.41, 5.74) is 0. The van der Waals surface area contributed by atoms with E-state index in [4.69, 9.17) is 0 Å². The highest BCUT2D eigenvalue weighted by Gasteiger charge is 2.30. The van der Waals surface area contributed by atoms with Crippen molar-refractivity contribution in [3.8, 4) is 0 Å². The van der Waals surface area contributed by atoms with Crippen LogP contribution in [-0.4, -0.2) is 47.7 Å². The Bertz CT molecular complexity index is 279. The molecule has 2 fully saturated rings. The summed E-state index contributed by atoms with van der Waals surface area (Å²) in [6.45, 7) is 5.04. The molecule has 0 aromatic heterocycles. The van der Waals surface area contributed by atoms with Crippen LogP contribution in [0.1, 0.15) is 45.4 Å². The van der Waals surface area contributed by atoms with E-state index in [0.717, 1.165) is 44.9 Å². The summed E-state index contributed by atoms with van der Waals surface area (Å²) >= 11 is 0. The number of carboxylic acid groups (broad SMARTS) is 1. The first kappa shape index (κ1) is 13.8. The zero-order chi connectivity index (χ0) is 13.0. The minimum atomic E-state index is -0.646. The van der Waals surface area contributed by atoms with Gasteiger partial charge in [0.25, 0.3) is 0 Å². The molecule has 1 heterocycles. The molecule has 0 aromatic rings. The molecule has 2 atom stereocenters. The van der Waals surface area contributed by atoms with Gasteiger partial charge in [-0.15, -0.1) is 0 Å². The fourth-order valence-electron chi connectivity index (χ4n) is 2.90. The van der Waals surface area contributed by atoms with E-state index in [0.29, 0.717) is 5.92 Å². The molecule has 1 aliphatic heterocycles. The van der Waals surface area contributed by atoms with E-state index in [9.17, 15) is 9.90 Å². The van der Waals surface area contributed by atoms with Crippen molar-refractivity contribution in [2.75, 3.05) is 19.6 Å². The summed E-state index contributed by atoms with van der Waals surface area (Å²) in [6.07, 6.45) is 6.75. The van der Waals surface area contributed by atoms with Gasteiger partial charge in [-0.25, -0.2) is 0 Å². The second-order valence-electron chi connectivity index (χ2n) is 5.83. The first-order chi connectivity index (χ1) is 8.70. The highest BCUT2D eigenvalue weighted by molar-refractivity contribution is 5.73. The summed E-state index contributed by atoms with van der Waals surface area (Å²) < 4.78 is 0. The van der Waals surface area contributed by atoms with Gasteiger partial charge in [-0.1, -0.05) is 13.3 Å². The second kappa shape index (κ2) is 6.53. The van der Waals surface area contributed by atoms with Crippen LogP contribution in [0.3, 0.4) is 0 Å². The van der Waals surface area contributed by atoms with Crippen LogP contribution in [0.25, 0.3) is 0 Å². The van der Waals surface area contributed by atoms with Gasteiger partial charge in [-0.2, -0.15) is 0 Å². The fourth-order valence-corrected chi connectivity index (χ4v) is 2.90. The molecule has 2 N–H and O–H groups in total.